The molecule has 1 N–H and O–H groups in total. The fraction of sp³-hybridized carbons (Fsp3) is 0.556. The first-order valence-corrected chi connectivity index (χ1v) is 9.31. The van der Waals surface area contributed by atoms with Crippen molar-refractivity contribution < 1.29 is 18.7 Å². The number of halogens is 2. The molecule has 0 heterocycles. The Balaban J connectivity index is 2.92. The molecule has 7 heteroatoms. The second-order valence-corrected chi connectivity index (χ2v) is 9.08. The van der Waals surface area contributed by atoms with E-state index in [1.165, 1.54) is 6.07 Å². The van der Waals surface area contributed by atoms with Gasteiger partial charge in [0.1, 0.15) is 11.1 Å². The molecule has 1 rings (SSSR count). The summed E-state index contributed by atoms with van der Waals surface area (Å²) in [5.41, 5.74) is -0.162. The first kappa shape index (κ1) is 21.8. The summed E-state index contributed by atoms with van der Waals surface area (Å²) >= 11 is 7.23. The molecule has 1 amide bonds. The van der Waals surface area contributed by atoms with E-state index in [9.17, 15) is 14.0 Å². The maximum Gasteiger partial charge on any atom is 0.319 e. The number of thioether (sulfide) groups is 1. The van der Waals surface area contributed by atoms with Crippen molar-refractivity contribution in [1.29, 1.82) is 0 Å². The van der Waals surface area contributed by atoms with Gasteiger partial charge in [0.05, 0.1) is 16.8 Å². The fourth-order valence-corrected chi connectivity index (χ4v) is 3.13. The highest BCUT2D eigenvalue weighted by Gasteiger charge is 2.21. The minimum Gasteiger partial charge on any atom is -0.462 e. The monoisotopic (exact) mass is 389 g/mol. The molecule has 4 nitrogen and oxygen atoms in total. The highest BCUT2D eigenvalue weighted by molar-refractivity contribution is 8.00. The van der Waals surface area contributed by atoms with E-state index in [0.717, 1.165) is 17.8 Å². The second-order valence-electron chi connectivity index (χ2n) is 7.29. The number of hydrogen-bond donors (Lipinski definition) is 1. The molecular weight excluding hydrogens is 365 g/mol. The third-order valence-electron chi connectivity index (χ3n) is 2.97. The van der Waals surface area contributed by atoms with Crippen molar-refractivity contribution in [3.8, 4) is 0 Å². The molecule has 0 fully saturated rings. The number of ether oxygens (including phenoxy) is 1. The third-order valence-corrected chi connectivity index (χ3v) is 4.54. The van der Waals surface area contributed by atoms with E-state index in [1.807, 2.05) is 20.8 Å². The molecule has 1 aromatic rings. The lowest BCUT2D eigenvalue weighted by Crippen LogP contribution is -2.21. The second kappa shape index (κ2) is 8.90. The van der Waals surface area contributed by atoms with Gasteiger partial charge in [-0.1, -0.05) is 32.4 Å². The van der Waals surface area contributed by atoms with Crippen LogP contribution in [0, 0.1) is 11.2 Å². The Hall–Kier alpha value is -1.27. The molecule has 0 aliphatic rings. The van der Waals surface area contributed by atoms with Gasteiger partial charge in [0.25, 0.3) is 0 Å². The zero-order valence-electron chi connectivity index (χ0n) is 15.4. The van der Waals surface area contributed by atoms with Gasteiger partial charge in [0, 0.05) is 11.3 Å². The molecule has 0 radical (unpaired) electrons. The maximum absolute atomic E-state index is 14.1. The third kappa shape index (κ3) is 7.65. The number of benzene rings is 1. The van der Waals surface area contributed by atoms with Crippen LogP contribution in [0.5, 0.6) is 0 Å². The number of esters is 1. The molecule has 1 atom stereocenters. The van der Waals surface area contributed by atoms with E-state index in [2.05, 4.69) is 5.32 Å². The van der Waals surface area contributed by atoms with Crippen molar-refractivity contribution in [2.24, 2.45) is 5.41 Å². The van der Waals surface area contributed by atoms with Gasteiger partial charge in [-0.3, -0.25) is 9.59 Å². The van der Waals surface area contributed by atoms with Crippen LogP contribution in [0.1, 0.15) is 48.0 Å². The number of carbonyl (C=O) groups is 2. The zero-order valence-corrected chi connectivity index (χ0v) is 17.0. The molecular formula is C18H25ClFNO3S. The van der Waals surface area contributed by atoms with Crippen LogP contribution in [0.3, 0.4) is 0 Å². The summed E-state index contributed by atoms with van der Waals surface area (Å²) in [6, 6.07) is 2.58. The van der Waals surface area contributed by atoms with E-state index < -0.39 is 11.1 Å². The van der Waals surface area contributed by atoms with Crippen LogP contribution in [0.2, 0.25) is 5.02 Å². The van der Waals surface area contributed by atoms with Crippen LogP contribution in [-0.4, -0.2) is 23.2 Å². The molecule has 0 bridgehead atoms. The van der Waals surface area contributed by atoms with Crippen molar-refractivity contribution in [2.75, 3.05) is 5.32 Å². The number of amides is 1. The number of carbonyl (C=O) groups excluding carboxylic acids is 2. The molecule has 0 aromatic heterocycles. The lowest BCUT2D eigenvalue weighted by Gasteiger charge is -2.18. The van der Waals surface area contributed by atoms with Crippen LogP contribution in [0.4, 0.5) is 10.1 Å². The van der Waals surface area contributed by atoms with Gasteiger partial charge < -0.3 is 10.1 Å². The number of hydrogen-bond acceptors (Lipinski definition) is 4. The first-order chi connectivity index (χ1) is 11.4. The van der Waals surface area contributed by atoms with E-state index in [4.69, 9.17) is 16.3 Å². The minimum atomic E-state index is -0.617. The lowest BCUT2D eigenvalue weighted by atomic mass is 9.92. The summed E-state index contributed by atoms with van der Waals surface area (Å²) in [4.78, 5) is 24.5. The predicted octanol–water partition coefficient (Wildman–Crippen LogP) is 5.29. The Morgan fingerprint density at radius 2 is 1.88 bits per heavy atom. The standard InChI is InChI=1S/C18H25ClFNO3S/c1-10(2)24-17(23)11(3)25-15-8-14(13(20)7-12(15)19)21-16(22)9-18(4,5)6/h7-8,10-11H,9H2,1-6H3,(H,21,22). The fourth-order valence-electron chi connectivity index (χ4n) is 1.96. The van der Waals surface area contributed by atoms with Gasteiger partial charge in [-0.15, -0.1) is 11.8 Å². The molecule has 1 unspecified atom stereocenters. The van der Waals surface area contributed by atoms with Crippen molar-refractivity contribution in [2.45, 2.75) is 64.2 Å². The number of anilines is 1. The molecule has 25 heavy (non-hydrogen) atoms. The summed E-state index contributed by atoms with van der Waals surface area (Å²) in [6.45, 7) is 11.0. The molecule has 0 aliphatic carbocycles. The Kier molecular flexibility index (Phi) is 7.75. The largest absolute Gasteiger partial charge is 0.462 e. The van der Waals surface area contributed by atoms with Crippen LogP contribution >= 0.6 is 23.4 Å². The lowest BCUT2D eigenvalue weighted by molar-refractivity contribution is -0.146. The molecule has 0 saturated heterocycles. The van der Waals surface area contributed by atoms with E-state index in [1.54, 1.807) is 20.8 Å². The van der Waals surface area contributed by atoms with Crippen molar-refractivity contribution in [1.82, 2.24) is 0 Å². The average Bonchev–Trinajstić information content (AvgIpc) is 2.41. The summed E-state index contributed by atoms with van der Waals surface area (Å²) in [5, 5.41) is 2.24. The summed E-state index contributed by atoms with van der Waals surface area (Å²) in [7, 11) is 0. The summed E-state index contributed by atoms with van der Waals surface area (Å²) in [5.74, 6) is -1.27. The van der Waals surface area contributed by atoms with Crippen molar-refractivity contribution in [3.05, 3.63) is 23.0 Å². The predicted molar refractivity (Wildman–Crippen MR) is 101 cm³/mol. The van der Waals surface area contributed by atoms with Gasteiger partial charge in [-0.2, -0.15) is 0 Å². The van der Waals surface area contributed by atoms with Crippen LogP contribution in [-0.2, 0) is 14.3 Å². The summed E-state index contributed by atoms with van der Waals surface area (Å²) in [6.07, 6.45) is 0.0424. The Labute approximate surface area is 157 Å². The smallest absolute Gasteiger partial charge is 0.319 e. The van der Waals surface area contributed by atoms with Gasteiger partial charge in [0.15, 0.2) is 0 Å². The minimum absolute atomic E-state index is 0.0468. The Morgan fingerprint density at radius 3 is 2.40 bits per heavy atom. The quantitative estimate of drug-likeness (QED) is 0.530. The first-order valence-electron chi connectivity index (χ1n) is 8.05. The molecule has 0 spiro atoms. The van der Waals surface area contributed by atoms with Crippen molar-refractivity contribution >= 4 is 40.9 Å². The zero-order chi connectivity index (χ0) is 19.4. The number of rotatable bonds is 6. The highest BCUT2D eigenvalue weighted by Crippen LogP contribution is 2.35. The van der Waals surface area contributed by atoms with E-state index in [0.29, 0.717) is 4.90 Å². The molecule has 0 saturated carbocycles. The van der Waals surface area contributed by atoms with Gasteiger partial charge in [0.2, 0.25) is 5.91 Å². The highest BCUT2D eigenvalue weighted by atomic mass is 35.5. The van der Waals surface area contributed by atoms with Crippen LogP contribution < -0.4 is 5.32 Å². The molecule has 140 valence electrons. The van der Waals surface area contributed by atoms with Crippen LogP contribution in [0.25, 0.3) is 0 Å². The topological polar surface area (TPSA) is 55.4 Å². The average molecular weight is 390 g/mol. The SMILES string of the molecule is CC(C)OC(=O)C(C)Sc1cc(NC(=O)CC(C)(C)C)c(F)cc1Cl. The molecule has 0 aliphatic heterocycles. The van der Waals surface area contributed by atoms with Gasteiger partial charge >= 0.3 is 5.97 Å². The normalized spacial score (nSPS) is 12.8. The van der Waals surface area contributed by atoms with E-state index >= 15 is 0 Å². The van der Waals surface area contributed by atoms with Crippen LogP contribution in [0.15, 0.2) is 17.0 Å². The van der Waals surface area contributed by atoms with Gasteiger partial charge in [-0.25, -0.2) is 4.39 Å². The molecule has 1 aromatic carbocycles. The van der Waals surface area contributed by atoms with E-state index in [-0.39, 0.29) is 40.5 Å². The Bertz CT molecular complexity index is 644. The number of nitrogens with one attached hydrogen (secondary N) is 1. The Morgan fingerprint density at radius 1 is 1.28 bits per heavy atom. The summed E-state index contributed by atoms with van der Waals surface area (Å²) < 4.78 is 19.2. The van der Waals surface area contributed by atoms with Crippen molar-refractivity contribution in [3.63, 3.8) is 0 Å². The maximum atomic E-state index is 14.1. The van der Waals surface area contributed by atoms with Gasteiger partial charge in [-0.05, 0) is 38.3 Å².